The lowest BCUT2D eigenvalue weighted by Crippen LogP contribution is -2.22. The second kappa shape index (κ2) is 4.56. The summed E-state index contributed by atoms with van der Waals surface area (Å²) in [5.41, 5.74) is 2.75. The molecule has 0 bridgehead atoms. The fraction of sp³-hybridized carbons (Fsp3) is 0.333. The number of nitrogens with one attached hydrogen (secondary N) is 1. The SMILES string of the molecule is C=CCSC1CCc2ccccc2N1. The van der Waals surface area contributed by atoms with Gasteiger partial charge in [0.25, 0.3) is 0 Å². The number of rotatable bonds is 3. The van der Waals surface area contributed by atoms with E-state index in [1.165, 1.54) is 24.1 Å². The summed E-state index contributed by atoms with van der Waals surface area (Å²) in [7, 11) is 0. The molecule has 1 heterocycles. The molecule has 1 N–H and O–H groups in total. The van der Waals surface area contributed by atoms with Crippen LogP contribution in [0.4, 0.5) is 5.69 Å². The van der Waals surface area contributed by atoms with Gasteiger partial charge >= 0.3 is 0 Å². The van der Waals surface area contributed by atoms with Crippen molar-refractivity contribution >= 4 is 17.4 Å². The molecule has 2 heteroatoms. The Bertz CT molecular complexity index is 322. The number of fused-ring (bicyclic) bond motifs is 1. The zero-order valence-corrected chi connectivity index (χ0v) is 9.02. The van der Waals surface area contributed by atoms with Crippen LogP contribution in [0, 0.1) is 0 Å². The van der Waals surface area contributed by atoms with Crippen LogP contribution in [-0.4, -0.2) is 11.1 Å². The van der Waals surface area contributed by atoms with Crippen molar-refractivity contribution in [1.82, 2.24) is 0 Å². The first-order chi connectivity index (χ1) is 6.90. The number of thioether (sulfide) groups is 1. The van der Waals surface area contributed by atoms with Crippen molar-refractivity contribution in [1.29, 1.82) is 0 Å². The second-order valence-corrected chi connectivity index (χ2v) is 4.69. The van der Waals surface area contributed by atoms with E-state index >= 15 is 0 Å². The molecule has 0 amide bonds. The molecule has 0 fully saturated rings. The zero-order chi connectivity index (χ0) is 9.80. The van der Waals surface area contributed by atoms with Gasteiger partial charge in [-0.3, -0.25) is 0 Å². The molecular formula is C12H15NS. The van der Waals surface area contributed by atoms with Crippen LogP contribution in [0.1, 0.15) is 12.0 Å². The summed E-state index contributed by atoms with van der Waals surface area (Å²) in [5.74, 6) is 1.03. The topological polar surface area (TPSA) is 12.0 Å². The summed E-state index contributed by atoms with van der Waals surface area (Å²) < 4.78 is 0. The largest absolute Gasteiger partial charge is 0.373 e. The summed E-state index contributed by atoms with van der Waals surface area (Å²) in [6.45, 7) is 3.74. The number of aryl methyl sites for hydroxylation is 1. The molecule has 1 nitrogen and oxygen atoms in total. The summed E-state index contributed by atoms with van der Waals surface area (Å²) in [4.78, 5) is 0. The van der Waals surface area contributed by atoms with Gasteiger partial charge in [-0.1, -0.05) is 24.3 Å². The minimum atomic E-state index is 0.558. The van der Waals surface area contributed by atoms with E-state index in [9.17, 15) is 0 Å². The monoisotopic (exact) mass is 205 g/mol. The quantitative estimate of drug-likeness (QED) is 0.760. The Morgan fingerprint density at radius 2 is 2.36 bits per heavy atom. The Morgan fingerprint density at radius 3 is 3.21 bits per heavy atom. The lowest BCUT2D eigenvalue weighted by molar-refractivity contribution is 0.790. The number of hydrogen-bond acceptors (Lipinski definition) is 2. The van der Waals surface area contributed by atoms with Gasteiger partial charge in [-0.05, 0) is 24.5 Å². The van der Waals surface area contributed by atoms with E-state index < -0.39 is 0 Å². The maximum absolute atomic E-state index is 3.74. The van der Waals surface area contributed by atoms with Gasteiger partial charge in [0.2, 0.25) is 0 Å². The van der Waals surface area contributed by atoms with Crippen molar-refractivity contribution in [3.8, 4) is 0 Å². The molecule has 0 spiro atoms. The van der Waals surface area contributed by atoms with Crippen LogP contribution < -0.4 is 5.32 Å². The van der Waals surface area contributed by atoms with E-state index in [-0.39, 0.29) is 0 Å². The third-order valence-electron chi connectivity index (χ3n) is 2.42. The molecular weight excluding hydrogens is 190 g/mol. The van der Waals surface area contributed by atoms with Gasteiger partial charge in [0, 0.05) is 11.4 Å². The van der Waals surface area contributed by atoms with Crippen molar-refractivity contribution in [3.63, 3.8) is 0 Å². The van der Waals surface area contributed by atoms with Crippen LogP contribution in [0.5, 0.6) is 0 Å². The van der Waals surface area contributed by atoms with Crippen LogP contribution in [0.25, 0.3) is 0 Å². The van der Waals surface area contributed by atoms with Crippen LogP contribution in [0.15, 0.2) is 36.9 Å². The first kappa shape index (κ1) is 9.66. The molecule has 1 aliphatic rings. The van der Waals surface area contributed by atoms with Crippen LogP contribution in [0.2, 0.25) is 0 Å². The van der Waals surface area contributed by atoms with Crippen molar-refractivity contribution < 1.29 is 0 Å². The van der Waals surface area contributed by atoms with Gasteiger partial charge in [-0.2, -0.15) is 0 Å². The molecule has 0 saturated heterocycles. The molecule has 14 heavy (non-hydrogen) atoms. The van der Waals surface area contributed by atoms with Crippen LogP contribution in [0.3, 0.4) is 0 Å². The summed E-state index contributed by atoms with van der Waals surface area (Å²) >= 11 is 1.93. The zero-order valence-electron chi connectivity index (χ0n) is 8.20. The summed E-state index contributed by atoms with van der Waals surface area (Å²) in [6, 6.07) is 8.57. The summed E-state index contributed by atoms with van der Waals surface area (Å²) in [5, 5.41) is 4.11. The average Bonchev–Trinajstić information content (AvgIpc) is 2.26. The average molecular weight is 205 g/mol. The third-order valence-corrected chi connectivity index (χ3v) is 3.61. The number of benzene rings is 1. The van der Waals surface area contributed by atoms with Crippen molar-refractivity contribution in [3.05, 3.63) is 42.5 Å². The standard InChI is InChI=1S/C12H15NS/c1-2-9-14-12-8-7-10-5-3-4-6-11(10)13-12/h2-6,12-13H,1,7-9H2. The van der Waals surface area contributed by atoms with Gasteiger partial charge in [0.1, 0.15) is 0 Å². The number of para-hydroxylation sites is 1. The smallest absolute Gasteiger partial charge is 0.0728 e. The van der Waals surface area contributed by atoms with Gasteiger partial charge < -0.3 is 5.32 Å². The predicted molar refractivity (Wildman–Crippen MR) is 64.8 cm³/mol. The van der Waals surface area contributed by atoms with E-state index in [4.69, 9.17) is 0 Å². The molecule has 1 atom stereocenters. The first-order valence-electron chi connectivity index (χ1n) is 4.97. The molecule has 74 valence electrons. The first-order valence-corrected chi connectivity index (χ1v) is 6.02. The van der Waals surface area contributed by atoms with E-state index in [0.717, 1.165) is 5.75 Å². The van der Waals surface area contributed by atoms with Gasteiger partial charge in [0.05, 0.1) is 5.37 Å². The highest BCUT2D eigenvalue weighted by atomic mass is 32.2. The molecule has 1 aromatic rings. The van der Waals surface area contributed by atoms with Gasteiger partial charge in [-0.15, -0.1) is 18.3 Å². The molecule has 0 aliphatic carbocycles. The highest BCUT2D eigenvalue weighted by Crippen LogP contribution is 2.28. The van der Waals surface area contributed by atoms with Gasteiger partial charge in [-0.25, -0.2) is 0 Å². The van der Waals surface area contributed by atoms with Crippen LogP contribution in [-0.2, 0) is 6.42 Å². The number of anilines is 1. The molecule has 1 aliphatic heterocycles. The fourth-order valence-electron chi connectivity index (χ4n) is 1.72. The van der Waals surface area contributed by atoms with E-state index in [0.29, 0.717) is 5.37 Å². The Hall–Kier alpha value is -0.890. The molecule has 0 saturated carbocycles. The minimum absolute atomic E-state index is 0.558. The fourth-order valence-corrected chi connectivity index (χ4v) is 2.58. The Labute approximate surface area is 89.6 Å². The van der Waals surface area contributed by atoms with Gasteiger partial charge in [0.15, 0.2) is 0 Å². The molecule has 1 aromatic carbocycles. The Balaban J connectivity index is 2.02. The maximum atomic E-state index is 3.74. The van der Waals surface area contributed by atoms with Crippen molar-refractivity contribution in [2.24, 2.45) is 0 Å². The van der Waals surface area contributed by atoms with Crippen molar-refractivity contribution in [2.75, 3.05) is 11.1 Å². The maximum Gasteiger partial charge on any atom is 0.0728 e. The number of hydrogen-bond donors (Lipinski definition) is 1. The molecule has 2 rings (SSSR count). The lowest BCUT2D eigenvalue weighted by Gasteiger charge is -2.26. The third kappa shape index (κ3) is 2.13. The predicted octanol–water partition coefficient (Wildman–Crippen LogP) is 3.29. The Kier molecular flexibility index (Phi) is 3.14. The van der Waals surface area contributed by atoms with Crippen LogP contribution >= 0.6 is 11.8 Å². The molecule has 0 radical (unpaired) electrons. The lowest BCUT2D eigenvalue weighted by atomic mass is 10.0. The molecule has 0 aromatic heterocycles. The highest BCUT2D eigenvalue weighted by Gasteiger charge is 2.16. The van der Waals surface area contributed by atoms with E-state index in [2.05, 4.69) is 36.2 Å². The molecule has 1 unspecified atom stereocenters. The van der Waals surface area contributed by atoms with E-state index in [1.54, 1.807) is 0 Å². The highest BCUT2D eigenvalue weighted by molar-refractivity contribution is 8.00. The van der Waals surface area contributed by atoms with E-state index in [1.807, 2.05) is 17.8 Å². The van der Waals surface area contributed by atoms with Crippen molar-refractivity contribution in [2.45, 2.75) is 18.2 Å². The minimum Gasteiger partial charge on any atom is -0.373 e. The summed E-state index contributed by atoms with van der Waals surface area (Å²) in [6.07, 6.45) is 4.38. The normalized spacial score (nSPS) is 19.6. The second-order valence-electron chi connectivity index (χ2n) is 3.45. The Morgan fingerprint density at radius 1 is 1.50 bits per heavy atom.